The van der Waals surface area contributed by atoms with Gasteiger partial charge in [-0.25, -0.2) is 4.79 Å². The van der Waals surface area contributed by atoms with Crippen molar-refractivity contribution < 1.29 is 24.1 Å². The molecule has 1 atom stereocenters. The molecule has 1 aromatic rings. The first-order chi connectivity index (χ1) is 9.47. The van der Waals surface area contributed by atoms with Crippen LogP contribution >= 0.6 is 0 Å². The first-order valence-corrected chi connectivity index (χ1v) is 6.65. The van der Waals surface area contributed by atoms with Gasteiger partial charge in [0.2, 0.25) is 0 Å². The van der Waals surface area contributed by atoms with E-state index in [2.05, 4.69) is 0 Å². The lowest BCUT2D eigenvalue weighted by Crippen LogP contribution is -2.31. The average Bonchev–Trinajstić information content (AvgIpc) is 2.38. The summed E-state index contributed by atoms with van der Waals surface area (Å²) >= 11 is 0. The average molecular weight is 282 g/mol. The van der Waals surface area contributed by atoms with Crippen molar-refractivity contribution in [3.8, 4) is 11.5 Å². The maximum atomic E-state index is 11.9. The fourth-order valence-corrected chi connectivity index (χ4v) is 1.83. The molecule has 112 valence electrons. The van der Waals surface area contributed by atoms with Gasteiger partial charge in [0.25, 0.3) is 0 Å². The highest BCUT2D eigenvalue weighted by Crippen LogP contribution is 2.27. The van der Waals surface area contributed by atoms with Gasteiger partial charge in [-0.3, -0.25) is 0 Å². The van der Waals surface area contributed by atoms with Gasteiger partial charge >= 0.3 is 5.97 Å². The number of benzene rings is 1. The number of rotatable bonds is 7. The molecule has 20 heavy (non-hydrogen) atoms. The molecule has 0 spiro atoms. The molecule has 1 unspecified atom stereocenters. The Bertz CT molecular complexity index is 442. The fraction of sp³-hybridized carbons (Fsp3) is 0.533. The molecule has 1 rings (SSSR count). The molecule has 0 heterocycles. The number of carbonyl (C=O) groups excluding carboxylic acids is 1. The monoisotopic (exact) mass is 282 g/mol. The summed E-state index contributed by atoms with van der Waals surface area (Å²) < 4.78 is 15.6. The van der Waals surface area contributed by atoms with E-state index in [0.717, 1.165) is 5.56 Å². The van der Waals surface area contributed by atoms with Crippen molar-refractivity contribution in [1.29, 1.82) is 0 Å². The van der Waals surface area contributed by atoms with E-state index in [-0.39, 0.29) is 11.9 Å². The highest BCUT2D eigenvalue weighted by atomic mass is 16.6. The molecule has 0 aliphatic heterocycles. The molecule has 1 N–H and O–H groups in total. The maximum absolute atomic E-state index is 11.9. The lowest BCUT2D eigenvalue weighted by molar-refractivity contribution is -0.159. The third kappa shape index (κ3) is 4.74. The van der Waals surface area contributed by atoms with Crippen molar-refractivity contribution in [2.75, 3.05) is 13.7 Å². The highest BCUT2D eigenvalue weighted by molar-refractivity contribution is 5.75. The number of hydrogen-bond acceptors (Lipinski definition) is 5. The standard InChI is InChI=1S/C15H22O5/c1-5-19-15(17)14(20-10(2)3)9-11-6-7-13(18-4)12(16)8-11/h6-8,10,14,16H,5,9H2,1-4H3. The molecular formula is C15H22O5. The van der Waals surface area contributed by atoms with Crippen molar-refractivity contribution in [3.05, 3.63) is 23.8 Å². The molecule has 0 saturated heterocycles. The zero-order chi connectivity index (χ0) is 15.1. The molecule has 0 amide bonds. The van der Waals surface area contributed by atoms with Crippen molar-refractivity contribution in [2.45, 2.75) is 39.4 Å². The van der Waals surface area contributed by atoms with E-state index < -0.39 is 12.1 Å². The normalized spacial score (nSPS) is 12.2. The van der Waals surface area contributed by atoms with Crippen LogP contribution in [0.15, 0.2) is 18.2 Å². The Morgan fingerprint density at radius 2 is 2.05 bits per heavy atom. The zero-order valence-corrected chi connectivity index (χ0v) is 12.4. The number of phenolic OH excluding ortho intramolecular Hbond substituents is 1. The van der Waals surface area contributed by atoms with Crippen LogP contribution in [-0.2, 0) is 20.7 Å². The second kappa shape index (κ2) is 7.75. The van der Waals surface area contributed by atoms with E-state index in [4.69, 9.17) is 14.2 Å². The van der Waals surface area contributed by atoms with Crippen molar-refractivity contribution in [3.63, 3.8) is 0 Å². The zero-order valence-electron chi connectivity index (χ0n) is 12.4. The van der Waals surface area contributed by atoms with Crippen LogP contribution in [0.1, 0.15) is 26.3 Å². The van der Waals surface area contributed by atoms with Crippen LogP contribution in [-0.4, -0.2) is 37.0 Å². The van der Waals surface area contributed by atoms with Crippen LogP contribution < -0.4 is 4.74 Å². The number of hydrogen-bond donors (Lipinski definition) is 1. The number of ether oxygens (including phenoxy) is 3. The van der Waals surface area contributed by atoms with Gasteiger partial charge in [-0.05, 0) is 38.5 Å². The van der Waals surface area contributed by atoms with Gasteiger partial charge in [0, 0.05) is 6.42 Å². The van der Waals surface area contributed by atoms with E-state index in [1.807, 2.05) is 13.8 Å². The van der Waals surface area contributed by atoms with E-state index in [1.165, 1.54) is 7.11 Å². The van der Waals surface area contributed by atoms with E-state index >= 15 is 0 Å². The van der Waals surface area contributed by atoms with Crippen molar-refractivity contribution in [1.82, 2.24) is 0 Å². The van der Waals surface area contributed by atoms with Gasteiger partial charge in [0.1, 0.15) is 0 Å². The minimum absolute atomic E-state index is 0.0390. The Hall–Kier alpha value is -1.75. The van der Waals surface area contributed by atoms with Gasteiger partial charge in [0.15, 0.2) is 17.6 Å². The Kier molecular flexibility index (Phi) is 6.31. The molecule has 0 aliphatic carbocycles. The van der Waals surface area contributed by atoms with Crippen molar-refractivity contribution >= 4 is 5.97 Å². The molecule has 5 nitrogen and oxygen atoms in total. The summed E-state index contributed by atoms with van der Waals surface area (Å²) in [4.78, 5) is 11.9. The summed E-state index contributed by atoms with van der Waals surface area (Å²) in [7, 11) is 1.48. The summed E-state index contributed by atoms with van der Waals surface area (Å²) in [5.41, 5.74) is 0.780. The van der Waals surface area contributed by atoms with Crippen LogP contribution in [0.3, 0.4) is 0 Å². The summed E-state index contributed by atoms with van der Waals surface area (Å²) in [6, 6.07) is 5.01. The number of aromatic hydroxyl groups is 1. The number of phenols is 1. The SMILES string of the molecule is CCOC(=O)C(Cc1ccc(OC)c(O)c1)OC(C)C. The minimum Gasteiger partial charge on any atom is -0.504 e. The van der Waals surface area contributed by atoms with E-state index in [0.29, 0.717) is 18.8 Å². The Labute approximate surface area is 119 Å². The Morgan fingerprint density at radius 3 is 2.55 bits per heavy atom. The molecule has 0 bridgehead atoms. The van der Waals surface area contributed by atoms with E-state index in [1.54, 1.807) is 25.1 Å². The summed E-state index contributed by atoms with van der Waals surface area (Å²) in [5, 5.41) is 9.75. The number of methoxy groups -OCH3 is 1. The molecule has 0 aromatic heterocycles. The summed E-state index contributed by atoms with van der Waals surface area (Å²) in [6.45, 7) is 5.78. The van der Waals surface area contributed by atoms with Gasteiger partial charge in [0.05, 0.1) is 19.8 Å². The first-order valence-electron chi connectivity index (χ1n) is 6.65. The summed E-state index contributed by atoms with van der Waals surface area (Å²) in [5.74, 6) is 0.0416. The maximum Gasteiger partial charge on any atom is 0.335 e. The quantitative estimate of drug-likeness (QED) is 0.777. The second-order valence-electron chi connectivity index (χ2n) is 4.64. The topological polar surface area (TPSA) is 65.0 Å². The van der Waals surface area contributed by atoms with Gasteiger partial charge in [-0.2, -0.15) is 0 Å². The largest absolute Gasteiger partial charge is 0.504 e. The predicted octanol–water partition coefficient (Wildman–Crippen LogP) is 2.30. The molecule has 0 fully saturated rings. The number of esters is 1. The van der Waals surface area contributed by atoms with Crippen LogP contribution in [0.5, 0.6) is 11.5 Å². The third-order valence-electron chi connectivity index (χ3n) is 2.65. The van der Waals surface area contributed by atoms with Crippen LogP contribution in [0.2, 0.25) is 0 Å². The first kappa shape index (κ1) is 16.3. The Balaban J connectivity index is 2.83. The Morgan fingerprint density at radius 1 is 1.35 bits per heavy atom. The van der Waals surface area contributed by atoms with Crippen molar-refractivity contribution in [2.24, 2.45) is 0 Å². The lowest BCUT2D eigenvalue weighted by Gasteiger charge is -2.19. The van der Waals surface area contributed by atoms with Crippen LogP contribution in [0.25, 0.3) is 0 Å². The molecule has 0 aliphatic rings. The van der Waals surface area contributed by atoms with Crippen LogP contribution in [0.4, 0.5) is 0 Å². The van der Waals surface area contributed by atoms with Gasteiger partial charge in [-0.15, -0.1) is 0 Å². The number of carbonyl (C=O) groups is 1. The highest BCUT2D eigenvalue weighted by Gasteiger charge is 2.22. The lowest BCUT2D eigenvalue weighted by atomic mass is 10.1. The fourth-order valence-electron chi connectivity index (χ4n) is 1.83. The molecule has 5 heteroatoms. The second-order valence-corrected chi connectivity index (χ2v) is 4.64. The molecule has 0 saturated carbocycles. The predicted molar refractivity (Wildman–Crippen MR) is 75.0 cm³/mol. The summed E-state index contributed by atoms with van der Waals surface area (Å²) in [6.07, 6.45) is -0.423. The van der Waals surface area contributed by atoms with E-state index in [9.17, 15) is 9.90 Å². The molecule has 1 aromatic carbocycles. The van der Waals surface area contributed by atoms with Gasteiger partial charge < -0.3 is 19.3 Å². The molecule has 0 radical (unpaired) electrons. The third-order valence-corrected chi connectivity index (χ3v) is 2.65. The smallest absolute Gasteiger partial charge is 0.335 e. The molecular weight excluding hydrogens is 260 g/mol. The minimum atomic E-state index is -0.678. The van der Waals surface area contributed by atoms with Crippen LogP contribution in [0, 0.1) is 0 Å². The van der Waals surface area contributed by atoms with Gasteiger partial charge in [-0.1, -0.05) is 6.07 Å².